The Labute approximate surface area is 204 Å². The second-order valence-electron chi connectivity index (χ2n) is 7.74. The molecule has 1 amide bonds. The standard InChI is InChI=1S/C24H39NO4.Na/c1-3-4-5-6-7-8-9-10-11-12-13-14-15-16-23(26)25-21-19-20(24(27)28)17-18-22(21)29-2;/h17-19H,3-16H2,1-2H3,(H,25,26)(H,27,28);/q;+1/p-1. The van der Waals surface area contributed by atoms with Gasteiger partial charge in [-0.1, -0.05) is 84.0 Å². The van der Waals surface area contributed by atoms with E-state index in [1.54, 1.807) is 0 Å². The Hall–Kier alpha value is -1.04. The van der Waals surface area contributed by atoms with Gasteiger partial charge in [0.2, 0.25) is 5.91 Å². The van der Waals surface area contributed by atoms with Crippen LogP contribution in [0.5, 0.6) is 5.75 Å². The van der Waals surface area contributed by atoms with E-state index in [1.807, 2.05) is 0 Å². The molecule has 0 aromatic heterocycles. The number of hydrogen-bond acceptors (Lipinski definition) is 4. The summed E-state index contributed by atoms with van der Waals surface area (Å²) >= 11 is 0. The number of nitrogens with one attached hydrogen (secondary N) is 1. The Bertz CT molecular complexity index is 607. The number of anilines is 1. The molecule has 0 radical (unpaired) electrons. The summed E-state index contributed by atoms with van der Waals surface area (Å²) in [7, 11) is 1.48. The summed E-state index contributed by atoms with van der Waals surface area (Å²) in [6.07, 6.45) is 16.9. The van der Waals surface area contributed by atoms with Crippen molar-refractivity contribution in [1.82, 2.24) is 0 Å². The number of benzene rings is 1. The molecule has 164 valence electrons. The van der Waals surface area contributed by atoms with E-state index < -0.39 is 5.97 Å². The molecule has 0 unspecified atom stereocenters. The molecule has 0 atom stereocenters. The predicted molar refractivity (Wildman–Crippen MR) is 116 cm³/mol. The van der Waals surface area contributed by atoms with Crippen molar-refractivity contribution in [3.05, 3.63) is 23.8 Å². The number of carbonyl (C=O) groups is 2. The summed E-state index contributed by atoms with van der Waals surface area (Å²) in [4.78, 5) is 23.1. The van der Waals surface area contributed by atoms with Gasteiger partial charge in [-0.2, -0.15) is 0 Å². The van der Waals surface area contributed by atoms with Crippen molar-refractivity contribution in [2.24, 2.45) is 0 Å². The minimum absolute atomic E-state index is 0. The molecule has 0 saturated heterocycles. The average molecular weight is 428 g/mol. The third kappa shape index (κ3) is 13.3. The van der Waals surface area contributed by atoms with Gasteiger partial charge in [0.15, 0.2) is 0 Å². The van der Waals surface area contributed by atoms with Crippen molar-refractivity contribution in [2.75, 3.05) is 12.4 Å². The molecule has 0 aliphatic rings. The molecule has 5 nitrogen and oxygen atoms in total. The predicted octanol–water partition coefficient (Wildman–Crippen LogP) is 2.48. The van der Waals surface area contributed by atoms with Crippen molar-refractivity contribution < 1.29 is 49.0 Å². The molecule has 6 heteroatoms. The van der Waals surface area contributed by atoms with E-state index in [1.165, 1.54) is 89.5 Å². The number of rotatable bonds is 17. The Morgan fingerprint density at radius 3 is 1.83 bits per heavy atom. The van der Waals surface area contributed by atoms with Crippen LogP contribution in [0.2, 0.25) is 0 Å². The van der Waals surface area contributed by atoms with Crippen molar-refractivity contribution in [2.45, 2.75) is 96.8 Å². The number of amides is 1. The number of unbranched alkanes of at least 4 members (excludes halogenated alkanes) is 12. The number of carboxylic acids is 1. The number of carboxylic acid groups (broad SMARTS) is 1. The van der Waals surface area contributed by atoms with Crippen LogP contribution in [0.3, 0.4) is 0 Å². The zero-order valence-electron chi connectivity index (χ0n) is 19.3. The van der Waals surface area contributed by atoms with E-state index in [4.69, 9.17) is 4.74 Å². The molecule has 1 aromatic carbocycles. The van der Waals surface area contributed by atoms with E-state index in [9.17, 15) is 14.7 Å². The van der Waals surface area contributed by atoms with E-state index >= 15 is 0 Å². The monoisotopic (exact) mass is 427 g/mol. The van der Waals surface area contributed by atoms with Crippen LogP contribution in [0.4, 0.5) is 5.69 Å². The molecule has 1 N–H and O–H groups in total. The fourth-order valence-electron chi connectivity index (χ4n) is 3.45. The molecule has 0 spiro atoms. The van der Waals surface area contributed by atoms with Crippen LogP contribution in [-0.4, -0.2) is 19.0 Å². The van der Waals surface area contributed by atoms with Crippen molar-refractivity contribution in [3.63, 3.8) is 0 Å². The van der Waals surface area contributed by atoms with Gasteiger partial charge < -0.3 is 20.0 Å². The van der Waals surface area contributed by atoms with E-state index in [0.29, 0.717) is 17.9 Å². The summed E-state index contributed by atoms with van der Waals surface area (Å²) < 4.78 is 5.18. The number of methoxy groups -OCH3 is 1. The summed E-state index contributed by atoms with van der Waals surface area (Å²) in [6, 6.07) is 4.29. The summed E-state index contributed by atoms with van der Waals surface area (Å²) in [5, 5.41) is 13.7. The third-order valence-corrected chi connectivity index (χ3v) is 5.22. The largest absolute Gasteiger partial charge is 1.00 e. The van der Waals surface area contributed by atoms with Crippen LogP contribution in [-0.2, 0) is 4.79 Å². The number of aromatic carboxylic acids is 1. The second-order valence-corrected chi connectivity index (χ2v) is 7.74. The number of carbonyl (C=O) groups excluding carboxylic acids is 2. The normalized spacial score (nSPS) is 10.3. The van der Waals surface area contributed by atoms with Crippen molar-refractivity contribution >= 4 is 17.6 Å². The molecule has 1 rings (SSSR count). The van der Waals surface area contributed by atoms with Crippen LogP contribution in [0.15, 0.2) is 18.2 Å². The molecule has 0 bridgehead atoms. The van der Waals surface area contributed by atoms with Gasteiger partial charge in [0.25, 0.3) is 0 Å². The third-order valence-electron chi connectivity index (χ3n) is 5.22. The van der Waals surface area contributed by atoms with E-state index in [-0.39, 0.29) is 41.0 Å². The zero-order valence-corrected chi connectivity index (χ0v) is 21.3. The Kier molecular flexibility index (Phi) is 18.1. The first kappa shape index (κ1) is 29.0. The molecule has 0 aliphatic carbocycles. The summed E-state index contributed by atoms with van der Waals surface area (Å²) in [5.41, 5.74) is 0.385. The molecule has 1 aromatic rings. The van der Waals surface area contributed by atoms with Gasteiger partial charge in [0.1, 0.15) is 5.75 Å². The maximum atomic E-state index is 12.1. The summed E-state index contributed by atoms with van der Waals surface area (Å²) in [5.74, 6) is -0.963. The molecular weight excluding hydrogens is 389 g/mol. The maximum Gasteiger partial charge on any atom is 1.00 e. The smallest absolute Gasteiger partial charge is 0.545 e. The number of ether oxygens (including phenoxy) is 1. The van der Waals surface area contributed by atoms with Crippen LogP contribution < -0.4 is 44.7 Å². The second kappa shape index (κ2) is 18.7. The van der Waals surface area contributed by atoms with Gasteiger partial charge >= 0.3 is 29.6 Å². The van der Waals surface area contributed by atoms with Gasteiger partial charge in [-0.05, 0) is 30.2 Å². The van der Waals surface area contributed by atoms with Crippen LogP contribution in [0, 0.1) is 0 Å². The Morgan fingerprint density at radius 2 is 1.37 bits per heavy atom. The van der Waals surface area contributed by atoms with E-state index in [2.05, 4.69) is 12.2 Å². The first-order valence-electron chi connectivity index (χ1n) is 11.3. The average Bonchev–Trinajstić information content (AvgIpc) is 2.71. The minimum Gasteiger partial charge on any atom is -0.545 e. The van der Waals surface area contributed by atoms with Gasteiger partial charge in [-0.3, -0.25) is 4.79 Å². The summed E-state index contributed by atoms with van der Waals surface area (Å²) in [6.45, 7) is 2.25. The van der Waals surface area contributed by atoms with E-state index in [0.717, 1.165) is 19.3 Å². The van der Waals surface area contributed by atoms with Gasteiger partial charge in [-0.25, -0.2) is 0 Å². The van der Waals surface area contributed by atoms with Crippen LogP contribution in [0.25, 0.3) is 0 Å². The Balaban J connectivity index is 0.00000841. The molecule has 0 fully saturated rings. The van der Waals surface area contributed by atoms with Crippen molar-refractivity contribution in [1.29, 1.82) is 0 Å². The van der Waals surface area contributed by atoms with Crippen LogP contribution in [0.1, 0.15) is 107 Å². The fourth-order valence-corrected chi connectivity index (χ4v) is 3.45. The Morgan fingerprint density at radius 1 is 0.867 bits per heavy atom. The topological polar surface area (TPSA) is 78.5 Å². The molecular formula is C24H38NNaO4. The van der Waals surface area contributed by atoms with Gasteiger partial charge in [-0.15, -0.1) is 0 Å². The SMILES string of the molecule is CCCCCCCCCCCCCCCC(=O)Nc1cc(C(=O)[O-])ccc1OC.[Na+]. The zero-order chi connectivity index (χ0) is 21.3. The molecule has 0 aliphatic heterocycles. The first-order chi connectivity index (χ1) is 14.1. The van der Waals surface area contributed by atoms with Crippen molar-refractivity contribution in [3.8, 4) is 5.75 Å². The minimum atomic E-state index is -1.28. The van der Waals surface area contributed by atoms with Crippen LogP contribution >= 0.6 is 0 Å². The maximum absolute atomic E-state index is 12.1. The number of hydrogen-bond donors (Lipinski definition) is 1. The molecule has 0 heterocycles. The quantitative estimate of drug-likeness (QED) is 0.306. The first-order valence-corrected chi connectivity index (χ1v) is 11.3. The molecule has 0 saturated carbocycles. The van der Waals surface area contributed by atoms with Gasteiger partial charge in [0.05, 0.1) is 18.8 Å². The van der Waals surface area contributed by atoms with Gasteiger partial charge in [0, 0.05) is 6.42 Å². The fraction of sp³-hybridized carbons (Fsp3) is 0.667. The molecule has 30 heavy (non-hydrogen) atoms.